The third-order valence-corrected chi connectivity index (χ3v) is 3.00. The number of alkyl carbamates (subject to hydrolysis) is 1. The Morgan fingerprint density at radius 3 is 2.50 bits per heavy atom. The minimum absolute atomic E-state index is 0.114. The third-order valence-electron chi connectivity index (χ3n) is 2.07. The van der Waals surface area contributed by atoms with Gasteiger partial charge in [-0.05, 0) is 38.6 Å². The van der Waals surface area contributed by atoms with Gasteiger partial charge >= 0.3 is 6.09 Å². The zero-order valence-corrected chi connectivity index (χ0v) is 11.8. The largest absolute Gasteiger partial charge is 0.444 e. The van der Waals surface area contributed by atoms with Crippen LogP contribution in [0.3, 0.4) is 0 Å². The van der Waals surface area contributed by atoms with Gasteiger partial charge in [-0.2, -0.15) is 0 Å². The van der Waals surface area contributed by atoms with Crippen molar-refractivity contribution in [3.63, 3.8) is 0 Å². The number of hydrogen-bond acceptors (Lipinski definition) is 5. The number of ketones is 1. The Morgan fingerprint density at radius 1 is 1.44 bits per heavy atom. The number of carbonyl (C=O) groups is 2. The second kappa shape index (κ2) is 5.39. The molecule has 0 unspecified atom stereocenters. The number of Topliss-reactive ketones (excluding diaryl/α,β-unsaturated/α-hetero) is 1. The van der Waals surface area contributed by atoms with Crippen LogP contribution in [0.25, 0.3) is 0 Å². The molecule has 0 saturated carbocycles. The van der Waals surface area contributed by atoms with Crippen LogP contribution in [-0.2, 0) is 4.74 Å². The smallest absolute Gasteiger partial charge is 0.408 e. The molecule has 3 N–H and O–H groups in total. The first kappa shape index (κ1) is 14.5. The summed E-state index contributed by atoms with van der Waals surface area (Å²) in [6, 6.07) is 0. The number of carbonyl (C=O) groups excluding carboxylic acids is 2. The maximum absolute atomic E-state index is 11.9. The van der Waals surface area contributed by atoms with Crippen LogP contribution in [0.4, 0.5) is 9.80 Å². The van der Waals surface area contributed by atoms with E-state index in [0.717, 1.165) is 5.56 Å². The molecule has 6 heteroatoms. The van der Waals surface area contributed by atoms with Gasteiger partial charge in [0, 0.05) is 0 Å². The first-order chi connectivity index (χ1) is 8.20. The summed E-state index contributed by atoms with van der Waals surface area (Å²) in [4.78, 5) is 23.3. The Labute approximate surface area is 110 Å². The van der Waals surface area contributed by atoms with Gasteiger partial charge in [0.1, 0.15) is 5.60 Å². The lowest BCUT2D eigenvalue weighted by atomic mass is 10.1. The number of amides is 1. The molecule has 0 spiro atoms. The minimum atomic E-state index is -0.609. The number of nitrogens with two attached hydrogens (primary N) is 1. The fraction of sp³-hybridized carbons (Fsp3) is 0.500. The van der Waals surface area contributed by atoms with Crippen LogP contribution < -0.4 is 11.1 Å². The van der Waals surface area contributed by atoms with Gasteiger partial charge in [-0.25, -0.2) is 4.79 Å². The van der Waals surface area contributed by atoms with E-state index >= 15 is 0 Å². The summed E-state index contributed by atoms with van der Waals surface area (Å²) >= 11 is 1.32. The number of thiophene rings is 1. The Balaban J connectivity index is 2.55. The van der Waals surface area contributed by atoms with Crippen LogP contribution in [-0.4, -0.2) is 24.0 Å². The summed E-state index contributed by atoms with van der Waals surface area (Å²) in [7, 11) is 0. The van der Waals surface area contributed by atoms with Crippen LogP contribution in [0.15, 0.2) is 5.38 Å². The monoisotopic (exact) mass is 270 g/mol. The molecule has 0 saturated heterocycles. The number of anilines is 1. The van der Waals surface area contributed by atoms with E-state index in [4.69, 9.17) is 10.5 Å². The van der Waals surface area contributed by atoms with Crippen LogP contribution in [0.5, 0.6) is 0 Å². The molecular weight excluding hydrogens is 252 g/mol. The van der Waals surface area contributed by atoms with Crippen LogP contribution >= 0.6 is 11.3 Å². The van der Waals surface area contributed by atoms with Crippen LogP contribution in [0.1, 0.15) is 36.7 Å². The predicted molar refractivity (Wildman–Crippen MR) is 72.0 cm³/mol. The summed E-state index contributed by atoms with van der Waals surface area (Å²) in [5.74, 6) is -0.211. The van der Waals surface area contributed by atoms with Crippen molar-refractivity contribution in [1.82, 2.24) is 5.32 Å². The quantitative estimate of drug-likeness (QED) is 0.826. The van der Waals surface area contributed by atoms with Gasteiger partial charge in [-0.15, -0.1) is 11.3 Å². The normalized spacial score (nSPS) is 11.1. The third kappa shape index (κ3) is 4.03. The molecule has 0 aliphatic carbocycles. The van der Waals surface area contributed by atoms with Gasteiger partial charge in [0.25, 0.3) is 0 Å². The van der Waals surface area contributed by atoms with Crippen molar-refractivity contribution < 1.29 is 14.3 Å². The molecule has 0 aliphatic heterocycles. The van der Waals surface area contributed by atoms with E-state index in [1.807, 2.05) is 12.3 Å². The molecule has 1 aromatic heterocycles. The fourth-order valence-corrected chi connectivity index (χ4v) is 2.19. The van der Waals surface area contributed by atoms with Gasteiger partial charge in [0.15, 0.2) is 5.78 Å². The van der Waals surface area contributed by atoms with Crippen LogP contribution in [0.2, 0.25) is 0 Å². The number of ether oxygens (including phenoxy) is 1. The Morgan fingerprint density at radius 2 is 2.06 bits per heavy atom. The lowest BCUT2D eigenvalue weighted by Gasteiger charge is -2.19. The van der Waals surface area contributed by atoms with Gasteiger partial charge < -0.3 is 15.8 Å². The second-order valence-corrected chi connectivity index (χ2v) is 5.85. The van der Waals surface area contributed by atoms with Crippen molar-refractivity contribution in [3.05, 3.63) is 16.5 Å². The Hall–Kier alpha value is -1.56. The average Bonchev–Trinajstić information content (AvgIpc) is 2.53. The van der Waals surface area contributed by atoms with E-state index in [0.29, 0.717) is 10.6 Å². The topological polar surface area (TPSA) is 81.4 Å². The summed E-state index contributed by atoms with van der Waals surface area (Å²) in [6.07, 6.45) is -0.609. The summed E-state index contributed by atoms with van der Waals surface area (Å²) in [6.45, 7) is 6.98. The van der Waals surface area contributed by atoms with Gasteiger partial charge in [-0.3, -0.25) is 4.79 Å². The Kier molecular flexibility index (Phi) is 4.34. The molecule has 0 atom stereocenters. The number of nitrogens with one attached hydrogen (secondary N) is 1. The molecule has 100 valence electrons. The zero-order valence-electron chi connectivity index (χ0n) is 11.0. The van der Waals surface area contributed by atoms with Crippen molar-refractivity contribution in [2.45, 2.75) is 33.3 Å². The van der Waals surface area contributed by atoms with E-state index in [1.165, 1.54) is 11.3 Å². The molecule has 1 aromatic rings. The molecule has 0 aliphatic rings. The second-order valence-electron chi connectivity index (χ2n) is 4.94. The summed E-state index contributed by atoms with van der Waals surface area (Å²) < 4.78 is 5.04. The first-order valence-electron chi connectivity index (χ1n) is 5.54. The number of rotatable bonds is 3. The van der Waals surface area contributed by atoms with Crippen molar-refractivity contribution in [1.29, 1.82) is 0 Å². The summed E-state index contributed by atoms with van der Waals surface area (Å²) in [5.41, 5.74) is 6.44. The van der Waals surface area contributed by atoms with Crippen molar-refractivity contribution in [2.75, 3.05) is 12.3 Å². The summed E-state index contributed by atoms with van der Waals surface area (Å²) in [5, 5.41) is 4.71. The molecule has 0 radical (unpaired) electrons. The highest BCUT2D eigenvalue weighted by Gasteiger charge is 2.19. The maximum atomic E-state index is 11.9. The van der Waals surface area contributed by atoms with Gasteiger partial charge in [0.2, 0.25) is 0 Å². The van der Waals surface area contributed by atoms with E-state index in [2.05, 4.69) is 5.32 Å². The molecule has 18 heavy (non-hydrogen) atoms. The molecule has 0 bridgehead atoms. The number of aryl methyl sites for hydroxylation is 1. The fourth-order valence-electron chi connectivity index (χ4n) is 1.38. The van der Waals surface area contributed by atoms with E-state index < -0.39 is 11.7 Å². The highest BCUT2D eigenvalue weighted by molar-refractivity contribution is 7.14. The first-order valence-corrected chi connectivity index (χ1v) is 6.42. The van der Waals surface area contributed by atoms with Gasteiger partial charge in [0.05, 0.1) is 17.1 Å². The molecule has 1 heterocycles. The number of hydrogen-bond donors (Lipinski definition) is 2. The number of nitrogen functional groups attached to an aromatic ring is 1. The highest BCUT2D eigenvalue weighted by Crippen LogP contribution is 2.24. The predicted octanol–water partition coefficient (Wildman–Crippen LogP) is 2.35. The lowest BCUT2D eigenvalue weighted by molar-refractivity contribution is 0.0520. The molecule has 1 amide bonds. The molecule has 5 nitrogen and oxygen atoms in total. The van der Waals surface area contributed by atoms with E-state index in [9.17, 15) is 9.59 Å². The average molecular weight is 270 g/mol. The SMILES string of the molecule is Cc1csc(N)c1C(=O)CNC(=O)OC(C)(C)C. The molecule has 0 aromatic carbocycles. The maximum Gasteiger partial charge on any atom is 0.408 e. The van der Waals surface area contributed by atoms with Crippen molar-refractivity contribution in [3.8, 4) is 0 Å². The zero-order chi connectivity index (χ0) is 13.9. The van der Waals surface area contributed by atoms with E-state index in [1.54, 1.807) is 20.8 Å². The van der Waals surface area contributed by atoms with Crippen LogP contribution in [0, 0.1) is 6.92 Å². The van der Waals surface area contributed by atoms with Gasteiger partial charge in [-0.1, -0.05) is 0 Å². The van der Waals surface area contributed by atoms with E-state index in [-0.39, 0.29) is 12.3 Å². The standard InChI is InChI=1S/C12H18N2O3S/c1-7-6-18-10(13)9(7)8(15)5-14-11(16)17-12(2,3)4/h6H,5,13H2,1-4H3,(H,14,16). The lowest BCUT2D eigenvalue weighted by Crippen LogP contribution is -2.35. The molecular formula is C12H18N2O3S. The Bertz CT molecular complexity index is 441. The van der Waals surface area contributed by atoms with Crippen molar-refractivity contribution in [2.24, 2.45) is 0 Å². The molecule has 1 rings (SSSR count). The molecule has 0 fully saturated rings. The minimum Gasteiger partial charge on any atom is -0.444 e. The van der Waals surface area contributed by atoms with Crippen molar-refractivity contribution >= 4 is 28.2 Å². The highest BCUT2D eigenvalue weighted by atomic mass is 32.1.